The number of nitroso groups, excluding NO2 is 1. The topological polar surface area (TPSA) is 69.7 Å². The van der Waals surface area contributed by atoms with Gasteiger partial charge in [-0.3, -0.25) is 0 Å². The number of rotatable bonds is 3. The Morgan fingerprint density at radius 3 is 2.60 bits per heavy atom. The number of benzene rings is 2. The maximum atomic E-state index is 10.5. The van der Waals surface area contributed by atoms with E-state index >= 15 is 0 Å². The fraction of sp³-hybridized carbons (Fsp3) is 0. The molecule has 0 aromatic heterocycles. The van der Waals surface area contributed by atoms with E-state index in [1.807, 2.05) is 30.3 Å². The molecule has 0 spiro atoms. The van der Waals surface area contributed by atoms with Crippen LogP contribution < -0.4 is 16.4 Å². The molecule has 0 bridgehead atoms. The van der Waals surface area contributed by atoms with E-state index in [0.717, 1.165) is 15.9 Å². The number of nitrogens with two attached hydrogens (primary N) is 1. The van der Waals surface area contributed by atoms with Gasteiger partial charge in [0.05, 0.1) is 0 Å². The molecular formula is C10H9N3O2+. The molecule has 75 valence electrons. The van der Waals surface area contributed by atoms with Crippen LogP contribution in [0.5, 0.6) is 0 Å². The summed E-state index contributed by atoms with van der Waals surface area (Å²) in [6, 6.07) is 13.0. The van der Waals surface area contributed by atoms with Crippen LogP contribution >= 0.6 is 0 Å². The van der Waals surface area contributed by atoms with Crippen molar-refractivity contribution >= 4 is 16.5 Å². The van der Waals surface area contributed by atoms with E-state index in [-0.39, 0.29) is 0 Å². The Balaban J connectivity index is 2.64. The molecule has 2 N–H and O–H groups in total. The summed E-state index contributed by atoms with van der Waals surface area (Å²) in [6.07, 6.45) is 0. The third-order valence-corrected chi connectivity index (χ3v) is 2.15. The van der Waals surface area contributed by atoms with Gasteiger partial charge in [0.1, 0.15) is 10.1 Å². The van der Waals surface area contributed by atoms with Crippen molar-refractivity contribution in [3.63, 3.8) is 0 Å². The van der Waals surface area contributed by atoms with Crippen molar-refractivity contribution in [3.05, 3.63) is 47.4 Å². The van der Waals surface area contributed by atoms with Crippen LogP contribution in [0.3, 0.4) is 0 Å². The van der Waals surface area contributed by atoms with Gasteiger partial charge in [-0.15, -0.1) is 4.94 Å². The zero-order valence-corrected chi connectivity index (χ0v) is 7.83. The van der Waals surface area contributed by atoms with Crippen molar-refractivity contribution in [2.24, 2.45) is 5.90 Å². The molecule has 0 aliphatic carbocycles. The van der Waals surface area contributed by atoms with Gasteiger partial charge in [0.2, 0.25) is 0 Å². The molecule has 0 fully saturated rings. The highest BCUT2D eigenvalue weighted by Crippen LogP contribution is 2.25. The maximum Gasteiger partial charge on any atom is 0.516 e. The van der Waals surface area contributed by atoms with Crippen molar-refractivity contribution < 1.29 is 4.94 Å². The van der Waals surface area contributed by atoms with Crippen LogP contribution in [0.4, 0.5) is 5.69 Å². The van der Waals surface area contributed by atoms with Crippen LogP contribution in [0, 0.1) is 4.91 Å². The van der Waals surface area contributed by atoms with Crippen molar-refractivity contribution in [2.75, 3.05) is 5.17 Å². The van der Waals surface area contributed by atoms with Gasteiger partial charge in [-0.2, -0.15) is 5.90 Å². The summed E-state index contributed by atoms with van der Waals surface area (Å²) < 4.78 is 0. The molecule has 1 radical (unpaired) electrons. The Labute approximate surface area is 85.9 Å². The van der Waals surface area contributed by atoms with Crippen LogP contribution in [0.1, 0.15) is 0 Å². The van der Waals surface area contributed by atoms with Gasteiger partial charge in [0, 0.05) is 5.39 Å². The molecule has 0 unspecified atom stereocenters. The zero-order chi connectivity index (χ0) is 10.7. The quantitative estimate of drug-likeness (QED) is 0.767. The third kappa shape index (κ3) is 1.65. The first-order chi connectivity index (χ1) is 7.36. The van der Waals surface area contributed by atoms with E-state index in [9.17, 15) is 4.91 Å². The summed E-state index contributed by atoms with van der Waals surface area (Å²) in [5.41, 5.74) is 0.519. The molecule has 2 aromatic carbocycles. The third-order valence-electron chi connectivity index (χ3n) is 2.15. The minimum atomic E-state index is 0.519. The molecule has 5 nitrogen and oxygen atoms in total. The minimum absolute atomic E-state index is 0.519. The first kappa shape index (κ1) is 9.57. The summed E-state index contributed by atoms with van der Waals surface area (Å²) in [7, 11) is 0. The molecule has 0 aliphatic heterocycles. The predicted molar refractivity (Wildman–Crippen MR) is 57.2 cm³/mol. The highest BCUT2D eigenvalue weighted by atomic mass is 16.8. The Morgan fingerprint density at radius 2 is 1.87 bits per heavy atom. The van der Waals surface area contributed by atoms with Gasteiger partial charge in [0.25, 0.3) is 0 Å². The first-order valence-electron chi connectivity index (χ1n) is 4.35. The fourth-order valence-corrected chi connectivity index (χ4v) is 1.50. The minimum Gasteiger partial charge on any atom is -0.184 e. The summed E-state index contributed by atoms with van der Waals surface area (Å²) in [5.74, 6) is 4.94. The Morgan fingerprint density at radius 1 is 1.13 bits per heavy atom. The molecule has 5 heteroatoms. The normalized spacial score (nSPS) is 10.2. The number of hydrogen-bond acceptors (Lipinski definition) is 4. The van der Waals surface area contributed by atoms with Crippen LogP contribution in [0.15, 0.2) is 42.5 Å². The molecule has 0 heterocycles. The average Bonchev–Trinajstić information content (AvgIpc) is 2.31. The summed E-state index contributed by atoms with van der Waals surface area (Å²) in [5, 5.41) is 5.24. The second-order valence-electron chi connectivity index (χ2n) is 2.96. The lowest BCUT2D eigenvalue weighted by molar-refractivity contribution is 0.0995. The van der Waals surface area contributed by atoms with E-state index < -0.39 is 0 Å². The fourth-order valence-electron chi connectivity index (χ4n) is 1.50. The van der Waals surface area contributed by atoms with Crippen molar-refractivity contribution in [2.45, 2.75) is 0 Å². The van der Waals surface area contributed by atoms with Gasteiger partial charge in [-0.25, -0.2) is 0 Å². The highest BCUT2D eigenvalue weighted by Gasteiger charge is 2.21. The number of hydrogen-bond donors (Lipinski definition) is 1. The lowest BCUT2D eigenvalue weighted by atomic mass is 10.1. The molecule has 0 saturated carbocycles. The lowest BCUT2D eigenvalue weighted by Gasteiger charge is -2.04. The maximum absolute atomic E-state index is 10.5. The van der Waals surface area contributed by atoms with E-state index in [1.165, 1.54) is 0 Å². The van der Waals surface area contributed by atoms with E-state index in [0.29, 0.717) is 5.69 Å². The van der Waals surface area contributed by atoms with E-state index in [4.69, 9.17) is 5.90 Å². The summed E-state index contributed by atoms with van der Waals surface area (Å²) >= 11 is 0. The molecule has 0 aliphatic rings. The first-order valence-corrected chi connectivity index (χ1v) is 4.35. The van der Waals surface area contributed by atoms with Crippen LogP contribution in [0.2, 0.25) is 0 Å². The molecule has 2 aromatic rings. The Bertz CT molecular complexity index is 482. The van der Waals surface area contributed by atoms with Gasteiger partial charge in [-0.1, -0.05) is 36.4 Å². The molecular weight excluding hydrogens is 194 g/mol. The van der Waals surface area contributed by atoms with Gasteiger partial charge in [0.15, 0.2) is 5.69 Å². The number of anilines is 1. The Kier molecular flexibility index (Phi) is 2.57. The largest absolute Gasteiger partial charge is 0.516 e. The van der Waals surface area contributed by atoms with Crippen molar-refractivity contribution in [3.8, 4) is 0 Å². The standard InChI is InChI=1S/C10H9N3O2/c11-15-13(12-14)10-7-3-5-8-4-1-2-6-9(8)10/h1-7H,11H2/q+1. The second-order valence-corrected chi connectivity index (χ2v) is 2.96. The van der Waals surface area contributed by atoms with Gasteiger partial charge < -0.3 is 0 Å². The number of nitrogens with zero attached hydrogens (tertiary/aromatic N) is 2. The summed E-state index contributed by atoms with van der Waals surface area (Å²) in [6.45, 7) is 0. The highest BCUT2D eigenvalue weighted by molar-refractivity contribution is 5.93. The van der Waals surface area contributed by atoms with Gasteiger partial charge in [-0.05, 0) is 11.5 Å². The van der Waals surface area contributed by atoms with Crippen LogP contribution in [0.25, 0.3) is 10.8 Å². The average molecular weight is 203 g/mol. The van der Waals surface area contributed by atoms with Gasteiger partial charge >= 0.3 is 5.29 Å². The SMILES string of the molecule is NON([N+]=O)c1cccc2ccccc12. The monoisotopic (exact) mass is 203 g/mol. The van der Waals surface area contributed by atoms with Crippen LogP contribution in [-0.2, 0) is 4.94 Å². The van der Waals surface area contributed by atoms with Crippen molar-refractivity contribution in [1.82, 2.24) is 5.29 Å². The molecule has 0 amide bonds. The molecule has 2 rings (SSSR count). The molecule has 0 saturated heterocycles. The second kappa shape index (κ2) is 4.04. The number of fused-ring (bicyclic) bond motifs is 1. The van der Waals surface area contributed by atoms with E-state index in [1.54, 1.807) is 12.1 Å². The Hall–Kier alpha value is -1.98. The van der Waals surface area contributed by atoms with Crippen molar-refractivity contribution in [1.29, 1.82) is 0 Å². The zero-order valence-electron chi connectivity index (χ0n) is 7.83. The smallest absolute Gasteiger partial charge is 0.184 e. The molecule has 0 atom stereocenters. The van der Waals surface area contributed by atoms with Crippen LogP contribution in [-0.4, -0.2) is 0 Å². The molecule has 15 heavy (non-hydrogen) atoms. The van der Waals surface area contributed by atoms with E-state index in [2.05, 4.69) is 10.2 Å². The summed E-state index contributed by atoms with van der Waals surface area (Å²) in [4.78, 5) is 14.8. The predicted octanol–water partition coefficient (Wildman–Crippen LogP) is 1.47. The lowest BCUT2D eigenvalue weighted by Crippen LogP contribution is -2.27.